The van der Waals surface area contributed by atoms with Gasteiger partial charge in [0, 0.05) is 49.3 Å². The van der Waals surface area contributed by atoms with E-state index in [0.29, 0.717) is 17.5 Å². The highest BCUT2D eigenvalue weighted by Gasteiger charge is 2.19. The minimum absolute atomic E-state index is 0.582. The average molecular weight is 731 g/mol. The summed E-state index contributed by atoms with van der Waals surface area (Å²) in [6.07, 6.45) is 0. The summed E-state index contributed by atoms with van der Waals surface area (Å²) < 4.78 is 15.1. The van der Waals surface area contributed by atoms with Crippen molar-refractivity contribution < 1.29 is 8.83 Å². The van der Waals surface area contributed by atoms with Gasteiger partial charge in [0.25, 0.3) is 0 Å². The van der Waals surface area contributed by atoms with Crippen LogP contribution >= 0.6 is 0 Å². The third-order valence-corrected chi connectivity index (χ3v) is 11.0. The lowest BCUT2D eigenvalue weighted by molar-refractivity contribution is 0.669. The molecule has 0 N–H and O–H groups in total. The third kappa shape index (κ3) is 5.01. The zero-order valence-corrected chi connectivity index (χ0v) is 30.4. The number of rotatable bonds is 5. The molecule has 4 aromatic heterocycles. The molecule has 0 unspecified atom stereocenters. The van der Waals surface area contributed by atoms with Crippen LogP contribution in [0.1, 0.15) is 0 Å². The molecular weight excluding hydrogens is 701 g/mol. The molecule has 0 saturated carbocycles. The quantitative estimate of drug-likeness (QED) is 0.176. The van der Waals surface area contributed by atoms with E-state index in [4.69, 9.17) is 23.8 Å². The van der Waals surface area contributed by atoms with Gasteiger partial charge in [0.2, 0.25) is 0 Å². The molecule has 12 rings (SSSR count). The highest BCUT2D eigenvalue weighted by Crippen LogP contribution is 2.41. The predicted octanol–water partition coefficient (Wildman–Crippen LogP) is 13.4. The van der Waals surface area contributed by atoms with Gasteiger partial charge in [-0.05, 0) is 71.8 Å². The van der Waals surface area contributed by atoms with Crippen molar-refractivity contribution in [3.8, 4) is 51.0 Å². The molecule has 0 atom stereocenters. The van der Waals surface area contributed by atoms with Crippen molar-refractivity contribution in [3.05, 3.63) is 182 Å². The summed E-state index contributed by atoms with van der Waals surface area (Å²) in [5.74, 6) is 1.79. The minimum Gasteiger partial charge on any atom is -0.456 e. The SMILES string of the molecule is c1ccc(-c2nc(-c3cccc(-c4cccc(-n5c6ccccc6c6c7oc8ccccc8c7ccc65)c4)c3)nc(-c3ccc4c(c3)oc3ccccc34)n2)cc1. The van der Waals surface area contributed by atoms with Crippen LogP contribution in [0.15, 0.2) is 191 Å². The van der Waals surface area contributed by atoms with E-state index in [1.165, 1.54) is 0 Å². The molecule has 266 valence electrons. The highest BCUT2D eigenvalue weighted by atomic mass is 16.3. The Labute approximate surface area is 325 Å². The Bertz CT molecular complexity index is 3540. The molecule has 0 fully saturated rings. The molecule has 57 heavy (non-hydrogen) atoms. The predicted molar refractivity (Wildman–Crippen MR) is 230 cm³/mol. The molecule has 12 aromatic rings. The maximum atomic E-state index is 6.54. The first kappa shape index (κ1) is 31.5. The molecule has 0 aliphatic heterocycles. The molecule has 0 amide bonds. The minimum atomic E-state index is 0.582. The van der Waals surface area contributed by atoms with Crippen molar-refractivity contribution in [1.82, 2.24) is 19.5 Å². The lowest BCUT2D eigenvalue weighted by atomic mass is 10.0. The van der Waals surface area contributed by atoms with Gasteiger partial charge in [0.15, 0.2) is 17.5 Å². The first-order valence-corrected chi connectivity index (χ1v) is 19.0. The Morgan fingerprint density at radius 3 is 1.70 bits per heavy atom. The van der Waals surface area contributed by atoms with Crippen LogP contribution in [0.2, 0.25) is 0 Å². The molecule has 0 bridgehead atoms. The van der Waals surface area contributed by atoms with E-state index in [1.54, 1.807) is 0 Å². The van der Waals surface area contributed by atoms with Gasteiger partial charge in [-0.1, -0.05) is 121 Å². The first-order chi connectivity index (χ1) is 28.2. The second-order valence-corrected chi connectivity index (χ2v) is 14.4. The van der Waals surface area contributed by atoms with Gasteiger partial charge in [0.05, 0.1) is 16.4 Å². The van der Waals surface area contributed by atoms with Crippen molar-refractivity contribution in [2.24, 2.45) is 0 Å². The Kier molecular flexibility index (Phi) is 6.83. The highest BCUT2D eigenvalue weighted by molar-refractivity contribution is 6.23. The number of para-hydroxylation sites is 3. The smallest absolute Gasteiger partial charge is 0.164 e. The summed E-state index contributed by atoms with van der Waals surface area (Å²) in [6, 6.07) is 62.7. The molecule has 0 spiro atoms. The van der Waals surface area contributed by atoms with Gasteiger partial charge in [-0.2, -0.15) is 0 Å². The maximum Gasteiger partial charge on any atom is 0.164 e. The zero-order valence-electron chi connectivity index (χ0n) is 30.4. The van der Waals surface area contributed by atoms with Gasteiger partial charge >= 0.3 is 0 Å². The molecule has 0 saturated heterocycles. The lowest BCUT2D eigenvalue weighted by Crippen LogP contribution is -2.00. The zero-order chi connectivity index (χ0) is 37.5. The summed E-state index contributed by atoms with van der Waals surface area (Å²) in [5, 5.41) is 6.67. The summed E-state index contributed by atoms with van der Waals surface area (Å²) >= 11 is 0. The number of hydrogen-bond acceptors (Lipinski definition) is 5. The van der Waals surface area contributed by atoms with Crippen LogP contribution in [-0.2, 0) is 0 Å². The Balaban J connectivity index is 0.987. The van der Waals surface area contributed by atoms with Gasteiger partial charge in [-0.15, -0.1) is 0 Å². The summed E-state index contributed by atoms with van der Waals surface area (Å²) in [4.78, 5) is 15.1. The fraction of sp³-hybridized carbons (Fsp3) is 0. The second-order valence-electron chi connectivity index (χ2n) is 14.4. The van der Waals surface area contributed by atoms with Gasteiger partial charge < -0.3 is 13.4 Å². The average Bonchev–Trinajstić information content (AvgIpc) is 3.96. The molecule has 0 radical (unpaired) electrons. The fourth-order valence-corrected chi connectivity index (χ4v) is 8.39. The molecule has 4 heterocycles. The normalized spacial score (nSPS) is 11.9. The molecule has 0 aliphatic rings. The topological polar surface area (TPSA) is 69.9 Å². The standard InChI is InChI=1S/C51H30N4O2/c1-2-12-31(13-3-1)49-52-50(54-51(53-49)35-24-25-39-37-18-5-8-22-44(37)56-46(39)30-35)34-16-10-14-32(28-34)33-15-11-17-36(29-33)55-42-21-7-4-20-41(42)47-43(55)27-26-40-38-19-6-9-23-45(38)57-48(40)47/h1-30H. The number of hydrogen-bond donors (Lipinski definition) is 0. The van der Waals surface area contributed by atoms with Crippen LogP contribution in [0.4, 0.5) is 0 Å². The summed E-state index contributed by atoms with van der Waals surface area (Å²) in [7, 11) is 0. The van der Waals surface area contributed by atoms with Crippen molar-refractivity contribution in [1.29, 1.82) is 0 Å². The van der Waals surface area contributed by atoms with Gasteiger partial charge in [0.1, 0.15) is 22.3 Å². The van der Waals surface area contributed by atoms with E-state index in [0.717, 1.165) is 99.2 Å². The van der Waals surface area contributed by atoms with Gasteiger partial charge in [-0.25, -0.2) is 15.0 Å². The van der Waals surface area contributed by atoms with Crippen molar-refractivity contribution >= 4 is 65.7 Å². The number of nitrogens with zero attached hydrogens (tertiary/aromatic N) is 4. The molecule has 0 aliphatic carbocycles. The van der Waals surface area contributed by atoms with E-state index in [2.05, 4.69) is 120 Å². The van der Waals surface area contributed by atoms with E-state index >= 15 is 0 Å². The summed E-state index contributed by atoms with van der Waals surface area (Å²) in [6.45, 7) is 0. The van der Waals surface area contributed by atoms with Crippen LogP contribution in [0.5, 0.6) is 0 Å². The third-order valence-electron chi connectivity index (χ3n) is 11.0. The lowest BCUT2D eigenvalue weighted by Gasteiger charge is -2.12. The van der Waals surface area contributed by atoms with Gasteiger partial charge in [-0.3, -0.25) is 0 Å². The molecule has 6 nitrogen and oxygen atoms in total. The Morgan fingerprint density at radius 1 is 0.333 bits per heavy atom. The number of aromatic nitrogens is 4. The first-order valence-electron chi connectivity index (χ1n) is 19.0. The largest absolute Gasteiger partial charge is 0.456 e. The van der Waals surface area contributed by atoms with E-state index < -0.39 is 0 Å². The van der Waals surface area contributed by atoms with Crippen molar-refractivity contribution in [2.45, 2.75) is 0 Å². The molecular formula is C51H30N4O2. The van der Waals surface area contributed by atoms with Crippen LogP contribution in [0.3, 0.4) is 0 Å². The fourth-order valence-electron chi connectivity index (χ4n) is 8.39. The summed E-state index contributed by atoms with van der Waals surface area (Å²) in [5.41, 5.74) is 11.6. The van der Waals surface area contributed by atoms with Crippen LogP contribution in [0, 0.1) is 0 Å². The molecule has 6 heteroatoms. The number of fused-ring (bicyclic) bond motifs is 10. The van der Waals surface area contributed by atoms with E-state index in [1.807, 2.05) is 66.7 Å². The molecule has 8 aromatic carbocycles. The number of furan rings is 2. The monoisotopic (exact) mass is 730 g/mol. The van der Waals surface area contributed by atoms with E-state index in [-0.39, 0.29) is 0 Å². The second kappa shape index (κ2) is 12.3. The number of benzene rings is 8. The van der Waals surface area contributed by atoms with Crippen molar-refractivity contribution in [3.63, 3.8) is 0 Å². The van der Waals surface area contributed by atoms with E-state index in [9.17, 15) is 0 Å². The van der Waals surface area contributed by atoms with Crippen LogP contribution in [0.25, 0.3) is 117 Å². The Morgan fingerprint density at radius 2 is 0.895 bits per heavy atom. The maximum absolute atomic E-state index is 6.54. The Hall–Kier alpha value is -7.83. The van der Waals surface area contributed by atoms with Crippen molar-refractivity contribution in [2.75, 3.05) is 0 Å². The van der Waals surface area contributed by atoms with Crippen LogP contribution in [-0.4, -0.2) is 19.5 Å². The van der Waals surface area contributed by atoms with Crippen LogP contribution < -0.4 is 0 Å².